The van der Waals surface area contributed by atoms with E-state index in [0.29, 0.717) is 25.6 Å². The number of morpholine rings is 1. The fourth-order valence-corrected chi connectivity index (χ4v) is 3.55. The molecule has 2 aromatic carbocycles. The lowest BCUT2D eigenvalue weighted by molar-refractivity contribution is -0.0460. The van der Waals surface area contributed by atoms with Gasteiger partial charge in [0, 0.05) is 19.6 Å². The molecule has 3 rings (SSSR count). The van der Waals surface area contributed by atoms with Crippen molar-refractivity contribution in [2.45, 2.75) is 38.4 Å². The van der Waals surface area contributed by atoms with Crippen LogP contribution in [0.2, 0.25) is 0 Å². The maximum Gasteiger partial charge on any atom is 0.123 e. The smallest absolute Gasteiger partial charge is 0.123 e. The SMILES string of the molecule is CCC(C)c1ccccc1OCC(O)CN1CCOC(c2cccc(F)c2)C1.Cl. The number of aliphatic hydroxyl groups is 1. The second-order valence-electron chi connectivity index (χ2n) is 7.49. The molecule has 6 heteroatoms. The van der Waals surface area contributed by atoms with Crippen LogP contribution in [0.4, 0.5) is 4.39 Å². The standard InChI is InChI=1S/C23H30FNO3.ClH/c1-3-17(2)21-9-4-5-10-22(21)28-16-20(26)14-25-11-12-27-23(15-25)18-7-6-8-19(24)13-18;/h4-10,13,17,20,23,26H,3,11-12,14-16H2,1-2H3;1H. The molecule has 1 aliphatic rings. The number of β-amino-alcohol motifs (C(OH)–C–C–N with tert-alkyl or cyclic N) is 1. The van der Waals surface area contributed by atoms with Crippen molar-refractivity contribution in [3.05, 3.63) is 65.5 Å². The van der Waals surface area contributed by atoms with Gasteiger partial charge in [0.25, 0.3) is 0 Å². The van der Waals surface area contributed by atoms with Crippen molar-refractivity contribution in [2.75, 3.05) is 32.8 Å². The van der Waals surface area contributed by atoms with Gasteiger partial charge in [-0.25, -0.2) is 4.39 Å². The first-order valence-corrected chi connectivity index (χ1v) is 10.1. The predicted molar refractivity (Wildman–Crippen MR) is 115 cm³/mol. The summed E-state index contributed by atoms with van der Waals surface area (Å²) in [6.07, 6.45) is 0.262. The van der Waals surface area contributed by atoms with E-state index in [1.807, 2.05) is 24.3 Å². The van der Waals surface area contributed by atoms with Crippen LogP contribution < -0.4 is 4.74 Å². The number of ether oxygens (including phenoxy) is 2. The summed E-state index contributed by atoms with van der Waals surface area (Å²) >= 11 is 0. The third kappa shape index (κ3) is 6.68. The highest BCUT2D eigenvalue weighted by atomic mass is 35.5. The van der Waals surface area contributed by atoms with Gasteiger partial charge in [-0.1, -0.05) is 44.2 Å². The number of para-hydroxylation sites is 1. The first-order chi connectivity index (χ1) is 13.6. The minimum atomic E-state index is -0.601. The Labute approximate surface area is 179 Å². The first-order valence-electron chi connectivity index (χ1n) is 10.1. The van der Waals surface area contributed by atoms with Crippen LogP contribution in [-0.2, 0) is 4.74 Å². The van der Waals surface area contributed by atoms with E-state index in [9.17, 15) is 9.50 Å². The molecule has 29 heavy (non-hydrogen) atoms. The number of rotatable bonds is 8. The molecule has 160 valence electrons. The van der Waals surface area contributed by atoms with Crippen LogP contribution in [0.5, 0.6) is 5.75 Å². The Hall–Kier alpha value is -1.66. The Balaban J connectivity index is 0.00000300. The van der Waals surface area contributed by atoms with Gasteiger partial charge in [0.15, 0.2) is 0 Å². The van der Waals surface area contributed by atoms with Gasteiger partial charge in [-0.3, -0.25) is 4.90 Å². The monoisotopic (exact) mass is 423 g/mol. The average Bonchev–Trinajstić information content (AvgIpc) is 2.72. The Bertz CT molecular complexity index is 760. The number of hydrogen-bond donors (Lipinski definition) is 1. The van der Waals surface area contributed by atoms with E-state index >= 15 is 0 Å². The number of hydrogen-bond acceptors (Lipinski definition) is 4. The summed E-state index contributed by atoms with van der Waals surface area (Å²) in [5, 5.41) is 10.5. The van der Waals surface area contributed by atoms with Crippen molar-refractivity contribution in [1.82, 2.24) is 4.90 Å². The summed E-state index contributed by atoms with van der Waals surface area (Å²) in [4.78, 5) is 2.15. The van der Waals surface area contributed by atoms with Crippen molar-refractivity contribution >= 4 is 12.4 Å². The molecule has 0 amide bonds. The van der Waals surface area contributed by atoms with Crippen LogP contribution in [0.15, 0.2) is 48.5 Å². The van der Waals surface area contributed by atoms with Crippen LogP contribution in [-0.4, -0.2) is 49.0 Å². The lowest BCUT2D eigenvalue weighted by Gasteiger charge is -2.34. The van der Waals surface area contributed by atoms with Crippen LogP contribution in [0.3, 0.4) is 0 Å². The Morgan fingerprint density at radius 1 is 1.24 bits per heavy atom. The van der Waals surface area contributed by atoms with Crippen LogP contribution >= 0.6 is 12.4 Å². The van der Waals surface area contributed by atoms with E-state index in [1.54, 1.807) is 6.07 Å². The zero-order valence-electron chi connectivity index (χ0n) is 17.1. The van der Waals surface area contributed by atoms with Gasteiger partial charge < -0.3 is 14.6 Å². The van der Waals surface area contributed by atoms with Gasteiger partial charge in [-0.2, -0.15) is 0 Å². The summed E-state index contributed by atoms with van der Waals surface area (Å²) in [6.45, 7) is 7.01. The van der Waals surface area contributed by atoms with Crippen molar-refractivity contribution in [3.63, 3.8) is 0 Å². The quantitative estimate of drug-likeness (QED) is 0.675. The number of aliphatic hydroxyl groups excluding tert-OH is 1. The summed E-state index contributed by atoms with van der Waals surface area (Å²) in [7, 11) is 0. The zero-order chi connectivity index (χ0) is 19.9. The highest BCUT2D eigenvalue weighted by Crippen LogP contribution is 2.28. The summed E-state index contributed by atoms with van der Waals surface area (Å²) in [6, 6.07) is 14.5. The first kappa shape index (κ1) is 23.6. The molecule has 3 atom stereocenters. The van der Waals surface area contributed by atoms with E-state index in [2.05, 4.69) is 24.8 Å². The van der Waals surface area contributed by atoms with E-state index < -0.39 is 6.10 Å². The molecule has 1 aliphatic heterocycles. The molecule has 0 aliphatic carbocycles. The molecule has 1 N–H and O–H groups in total. The van der Waals surface area contributed by atoms with Crippen molar-refractivity contribution in [1.29, 1.82) is 0 Å². The summed E-state index contributed by atoms with van der Waals surface area (Å²) in [5.74, 6) is 1.00. The fraction of sp³-hybridized carbons (Fsp3) is 0.478. The van der Waals surface area contributed by atoms with E-state index in [-0.39, 0.29) is 30.9 Å². The van der Waals surface area contributed by atoms with E-state index in [4.69, 9.17) is 9.47 Å². The van der Waals surface area contributed by atoms with E-state index in [0.717, 1.165) is 24.3 Å². The van der Waals surface area contributed by atoms with Gasteiger partial charge in [-0.05, 0) is 41.7 Å². The number of nitrogens with zero attached hydrogens (tertiary/aromatic N) is 1. The van der Waals surface area contributed by atoms with Crippen molar-refractivity contribution in [3.8, 4) is 5.75 Å². The highest BCUT2D eigenvalue weighted by molar-refractivity contribution is 5.85. The topological polar surface area (TPSA) is 41.9 Å². The fourth-order valence-electron chi connectivity index (χ4n) is 3.55. The predicted octanol–water partition coefficient (Wildman–Crippen LogP) is 4.57. The van der Waals surface area contributed by atoms with Crippen molar-refractivity contribution < 1.29 is 19.0 Å². The van der Waals surface area contributed by atoms with Crippen LogP contribution in [0.25, 0.3) is 0 Å². The maximum absolute atomic E-state index is 13.5. The lowest BCUT2D eigenvalue weighted by Crippen LogP contribution is -2.43. The van der Waals surface area contributed by atoms with Gasteiger partial charge in [0.05, 0.1) is 12.7 Å². The zero-order valence-corrected chi connectivity index (χ0v) is 17.9. The Morgan fingerprint density at radius 3 is 2.79 bits per heavy atom. The minimum Gasteiger partial charge on any atom is -0.491 e. The lowest BCUT2D eigenvalue weighted by atomic mass is 9.98. The second kappa shape index (κ2) is 11.5. The second-order valence-corrected chi connectivity index (χ2v) is 7.49. The molecule has 0 aromatic heterocycles. The van der Waals surface area contributed by atoms with Gasteiger partial charge >= 0.3 is 0 Å². The molecule has 2 aromatic rings. The Morgan fingerprint density at radius 2 is 2.03 bits per heavy atom. The van der Waals surface area contributed by atoms with Gasteiger partial charge in [-0.15, -0.1) is 12.4 Å². The molecular formula is C23H31ClFNO3. The molecule has 1 fully saturated rings. The average molecular weight is 424 g/mol. The van der Waals surface area contributed by atoms with Crippen LogP contribution in [0.1, 0.15) is 43.4 Å². The largest absolute Gasteiger partial charge is 0.491 e. The molecular weight excluding hydrogens is 393 g/mol. The molecule has 1 heterocycles. The summed E-state index contributed by atoms with van der Waals surface area (Å²) < 4.78 is 25.2. The number of benzene rings is 2. The van der Waals surface area contributed by atoms with Crippen molar-refractivity contribution in [2.24, 2.45) is 0 Å². The molecule has 4 nitrogen and oxygen atoms in total. The Kier molecular flexibility index (Phi) is 9.37. The summed E-state index contributed by atoms with van der Waals surface area (Å²) in [5.41, 5.74) is 2.01. The molecule has 3 unspecified atom stereocenters. The third-order valence-corrected chi connectivity index (χ3v) is 5.33. The normalized spacial score (nSPS) is 19.2. The third-order valence-electron chi connectivity index (χ3n) is 5.33. The molecule has 0 spiro atoms. The van der Waals surface area contributed by atoms with Crippen LogP contribution in [0, 0.1) is 5.82 Å². The minimum absolute atomic E-state index is 0. The molecule has 0 radical (unpaired) electrons. The molecule has 0 bridgehead atoms. The van der Waals surface area contributed by atoms with E-state index in [1.165, 1.54) is 17.7 Å². The molecule has 0 saturated carbocycles. The van der Waals surface area contributed by atoms with Gasteiger partial charge in [0.1, 0.15) is 24.3 Å². The number of halogens is 2. The molecule has 1 saturated heterocycles. The van der Waals surface area contributed by atoms with Gasteiger partial charge in [0.2, 0.25) is 0 Å². The maximum atomic E-state index is 13.5. The highest BCUT2D eigenvalue weighted by Gasteiger charge is 2.24.